The number of anilines is 2. The van der Waals surface area contributed by atoms with Gasteiger partial charge in [0.25, 0.3) is 0 Å². The van der Waals surface area contributed by atoms with E-state index in [1.165, 1.54) is 6.92 Å². The molecule has 0 spiro atoms. The average Bonchev–Trinajstić information content (AvgIpc) is 3.16. The van der Waals surface area contributed by atoms with Crippen molar-refractivity contribution >= 4 is 28.6 Å². The van der Waals surface area contributed by atoms with Crippen LogP contribution in [0.25, 0.3) is 11.0 Å². The maximum absolute atomic E-state index is 11.4. The summed E-state index contributed by atoms with van der Waals surface area (Å²) in [5, 5.41) is 13.8. The molecule has 1 aliphatic carbocycles. The molecule has 2 aliphatic rings. The van der Waals surface area contributed by atoms with Crippen molar-refractivity contribution in [2.75, 3.05) is 43.0 Å². The number of hydrogen-bond acceptors (Lipinski definition) is 8. The van der Waals surface area contributed by atoms with E-state index in [2.05, 4.69) is 35.7 Å². The Morgan fingerprint density at radius 3 is 2.44 bits per heavy atom. The van der Waals surface area contributed by atoms with Gasteiger partial charge in [-0.1, -0.05) is 0 Å². The highest BCUT2D eigenvalue weighted by Crippen LogP contribution is 2.36. The van der Waals surface area contributed by atoms with Crippen LogP contribution >= 0.6 is 0 Å². The number of pyridine rings is 1. The van der Waals surface area contributed by atoms with E-state index in [1.54, 1.807) is 12.4 Å². The van der Waals surface area contributed by atoms with E-state index in [0.29, 0.717) is 29.2 Å². The van der Waals surface area contributed by atoms with Gasteiger partial charge >= 0.3 is 0 Å². The highest BCUT2D eigenvalue weighted by Gasteiger charge is 2.31. The van der Waals surface area contributed by atoms with Crippen LogP contribution in [0.15, 0.2) is 30.7 Å². The normalized spacial score (nSPS) is 20.8. The Labute approximate surface area is 186 Å². The van der Waals surface area contributed by atoms with Gasteiger partial charge in [-0.05, 0) is 38.9 Å². The Morgan fingerprint density at radius 2 is 1.81 bits per heavy atom. The zero-order chi connectivity index (χ0) is 22.2. The lowest BCUT2D eigenvalue weighted by Gasteiger charge is -2.37. The first kappa shape index (κ1) is 20.4. The topological polar surface area (TPSA) is 103 Å². The van der Waals surface area contributed by atoms with E-state index < -0.39 is 0 Å². The van der Waals surface area contributed by atoms with Crippen molar-refractivity contribution in [3.63, 3.8) is 0 Å². The molecule has 0 radical (unpaired) electrons. The van der Waals surface area contributed by atoms with E-state index in [9.17, 15) is 10.1 Å². The first-order chi connectivity index (χ1) is 15.6. The Hall–Kier alpha value is -3.51. The summed E-state index contributed by atoms with van der Waals surface area (Å²) in [7, 11) is 1.99. The molecule has 3 aromatic heterocycles. The standard InChI is InChI=1S/C23H26N8O/c1-15(32)17-12-26-23(27-13-17)30-7-5-29(6-8-30)21-4-3-20-16(11-24)14-31(22(20)28-21)19-9-18(10-19)25-2/h3-4,12-14,18-19,25H,5-10H2,1-2H3. The summed E-state index contributed by atoms with van der Waals surface area (Å²) < 4.78 is 2.19. The molecule has 1 aliphatic heterocycles. The van der Waals surface area contributed by atoms with Gasteiger partial charge in [-0.15, -0.1) is 0 Å². The number of piperazine rings is 1. The second-order valence-electron chi connectivity index (χ2n) is 8.52. The minimum absolute atomic E-state index is 0.0319. The molecule has 0 aromatic carbocycles. The zero-order valence-electron chi connectivity index (χ0n) is 18.3. The minimum atomic E-state index is -0.0319. The number of Topliss-reactive ketones (excluding diaryl/α,β-unsaturated/α-hetero) is 1. The van der Waals surface area contributed by atoms with Crippen LogP contribution in [-0.2, 0) is 0 Å². The Morgan fingerprint density at radius 1 is 1.12 bits per heavy atom. The molecule has 9 nitrogen and oxygen atoms in total. The van der Waals surface area contributed by atoms with Gasteiger partial charge in [0.05, 0.1) is 11.1 Å². The molecule has 1 saturated heterocycles. The van der Waals surface area contributed by atoms with E-state index >= 15 is 0 Å². The number of ketones is 1. The molecule has 2 fully saturated rings. The van der Waals surface area contributed by atoms with Gasteiger partial charge in [0.2, 0.25) is 5.95 Å². The van der Waals surface area contributed by atoms with Crippen molar-refractivity contribution in [2.24, 2.45) is 0 Å². The van der Waals surface area contributed by atoms with E-state index in [0.717, 1.165) is 55.9 Å². The molecule has 0 amide bonds. The van der Waals surface area contributed by atoms with E-state index in [4.69, 9.17) is 4.98 Å². The maximum Gasteiger partial charge on any atom is 0.225 e. The quantitative estimate of drug-likeness (QED) is 0.614. The first-order valence-electron chi connectivity index (χ1n) is 11.0. The minimum Gasteiger partial charge on any atom is -0.353 e. The molecule has 0 atom stereocenters. The molecule has 1 saturated carbocycles. The van der Waals surface area contributed by atoms with Gasteiger partial charge in [-0.2, -0.15) is 5.26 Å². The number of hydrogen-bond donors (Lipinski definition) is 1. The van der Waals surface area contributed by atoms with Crippen LogP contribution < -0.4 is 15.1 Å². The van der Waals surface area contributed by atoms with Crippen molar-refractivity contribution in [2.45, 2.75) is 31.8 Å². The first-order valence-corrected chi connectivity index (χ1v) is 11.0. The fourth-order valence-electron chi connectivity index (χ4n) is 4.51. The molecule has 32 heavy (non-hydrogen) atoms. The fraction of sp³-hybridized carbons (Fsp3) is 0.435. The van der Waals surface area contributed by atoms with Crippen LogP contribution in [0, 0.1) is 11.3 Å². The molecule has 0 unspecified atom stereocenters. The van der Waals surface area contributed by atoms with Crippen LogP contribution in [0.3, 0.4) is 0 Å². The maximum atomic E-state index is 11.4. The largest absolute Gasteiger partial charge is 0.353 e. The van der Waals surface area contributed by atoms with Gasteiger partial charge in [-0.3, -0.25) is 4.79 Å². The monoisotopic (exact) mass is 430 g/mol. The summed E-state index contributed by atoms with van der Waals surface area (Å²) in [6.45, 7) is 4.66. The van der Waals surface area contributed by atoms with Crippen molar-refractivity contribution in [1.82, 2.24) is 24.8 Å². The SMILES string of the molecule is CNC1CC(n2cc(C#N)c3ccc(N4CCN(c5ncc(C(C)=O)cn5)CC4)nc32)C1. The van der Waals surface area contributed by atoms with Gasteiger partial charge in [-0.25, -0.2) is 15.0 Å². The summed E-state index contributed by atoms with van der Waals surface area (Å²) in [6.07, 6.45) is 7.24. The molecule has 164 valence electrons. The highest BCUT2D eigenvalue weighted by atomic mass is 16.1. The third kappa shape index (κ3) is 3.56. The zero-order valence-corrected chi connectivity index (χ0v) is 18.3. The number of fused-ring (bicyclic) bond motifs is 1. The predicted molar refractivity (Wildman–Crippen MR) is 122 cm³/mol. The number of carbonyl (C=O) groups excluding carboxylic acids is 1. The van der Waals surface area contributed by atoms with Gasteiger partial charge in [0, 0.05) is 62.2 Å². The number of nitrogens with one attached hydrogen (secondary N) is 1. The molecular formula is C23H26N8O. The second-order valence-corrected chi connectivity index (χ2v) is 8.52. The summed E-state index contributed by atoms with van der Waals surface area (Å²) in [6, 6.07) is 7.27. The fourth-order valence-corrected chi connectivity index (χ4v) is 4.51. The van der Waals surface area contributed by atoms with Gasteiger partial charge < -0.3 is 19.7 Å². The number of carbonyl (C=O) groups is 1. The Balaban J connectivity index is 1.33. The molecule has 0 bridgehead atoms. The third-order valence-electron chi connectivity index (χ3n) is 6.63. The van der Waals surface area contributed by atoms with Crippen molar-refractivity contribution in [3.8, 4) is 6.07 Å². The van der Waals surface area contributed by atoms with E-state index in [-0.39, 0.29) is 5.78 Å². The number of rotatable bonds is 5. The molecule has 9 heteroatoms. The second kappa shape index (κ2) is 8.20. The third-order valence-corrected chi connectivity index (χ3v) is 6.63. The lowest BCUT2D eigenvalue weighted by molar-refractivity contribution is 0.101. The number of aromatic nitrogens is 4. The molecule has 1 N–H and O–H groups in total. The van der Waals surface area contributed by atoms with Crippen LogP contribution in [0.4, 0.5) is 11.8 Å². The summed E-state index contributed by atoms with van der Waals surface area (Å²) in [5.41, 5.74) is 2.10. The summed E-state index contributed by atoms with van der Waals surface area (Å²) in [4.78, 5) is 29.5. The van der Waals surface area contributed by atoms with Gasteiger partial charge in [0.1, 0.15) is 17.5 Å². The number of nitriles is 1. The smallest absolute Gasteiger partial charge is 0.225 e. The molecule has 3 aromatic rings. The molecule has 4 heterocycles. The van der Waals surface area contributed by atoms with Crippen LogP contribution in [0.2, 0.25) is 0 Å². The summed E-state index contributed by atoms with van der Waals surface area (Å²) in [5.74, 6) is 1.54. The van der Waals surface area contributed by atoms with E-state index in [1.807, 2.05) is 25.4 Å². The van der Waals surface area contributed by atoms with Crippen molar-refractivity contribution in [3.05, 3.63) is 41.9 Å². The predicted octanol–water partition coefficient (Wildman–Crippen LogP) is 2.15. The lowest BCUT2D eigenvalue weighted by atomic mass is 9.87. The van der Waals surface area contributed by atoms with Crippen molar-refractivity contribution in [1.29, 1.82) is 5.26 Å². The van der Waals surface area contributed by atoms with Crippen LogP contribution in [-0.4, -0.2) is 64.6 Å². The highest BCUT2D eigenvalue weighted by molar-refractivity contribution is 5.93. The Kier molecular flexibility index (Phi) is 5.23. The number of nitrogens with zero attached hydrogens (tertiary/aromatic N) is 7. The Bertz CT molecular complexity index is 1180. The summed E-state index contributed by atoms with van der Waals surface area (Å²) >= 11 is 0. The van der Waals surface area contributed by atoms with Crippen molar-refractivity contribution < 1.29 is 4.79 Å². The molecule has 5 rings (SSSR count). The molecular weight excluding hydrogens is 404 g/mol. The van der Waals surface area contributed by atoms with Crippen LogP contribution in [0.1, 0.15) is 41.7 Å². The average molecular weight is 431 g/mol. The lowest BCUT2D eigenvalue weighted by Crippen LogP contribution is -2.47. The van der Waals surface area contributed by atoms with Crippen LogP contribution in [0.5, 0.6) is 0 Å². The van der Waals surface area contributed by atoms with Gasteiger partial charge in [0.15, 0.2) is 5.78 Å².